The first kappa shape index (κ1) is 13.1. The molecule has 88 valence electrons. The van der Waals surface area contributed by atoms with E-state index in [1.165, 1.54) is 12.1 Å². The molecule has 0 saturated carbocycles. The maximum atomic E-state index is 13.1. The molecule has 1 aromatic rings. The van der Waals surface area contributed by atoms with E-state index in [9.17, 15) is 14.5 Å². The van der Waals surface area contributed by atoms with Crippen LogP contribution in [0.25, 0.3) is 0 Å². The van der Waals surface area contributed by atoms with Gasteiger partial charge >= 0.3 is 0 Å². The van der Waals surface area contributed by atoms with Crippen LogP contribution in [0, 0.1) is 21.8 Å². The summed E-state index contributed by atoms with van der Waals surface area (Å²) in [6.07, 6.45) is 0.616. The van der Waals surface area contributed by atoms with Crippen molar-refractivity contribution in [3.8, 4) is 0 Å². The lowest BCUT2D eigenvalue weighted by Gasteiger charge is -2.13. The Morgan fingerprint density at radius 2 is 2.06 bits per heavy atom. The highest BCUT2D eigenvalue weighted by Crippen LogP contribution is 2.22. The second-order valence-corrected chi connectivity index (χ2v) is 5.38. The van der Waals surface area contributed by atoms with Gasteiger partial charge in [0.25, 0.3) is 5.69 Å². The third-order valence-electron chi connectivity index (χ3n) is 2.49. The maximum Gasteiger partial charge on any atom is 0.272 e. The summed E-state index contributed by atoms with van der Waals surface area (Å²) < 4.78 is 13.1. The topological polar surface area (TPSA) is 43.1 Å². The van der Waals surface area contributed by atoms with Gasteiger partial charge < -0.3 is 0 Å². The Hall–Kier alpha value is -0.970. The molecule has 0 aliphatic rings. The smallest absolute Gasteiger partial charge is 0.258 e. The van der Waals surface area contributed by atoms with Crippen molar-refractivity contribution >= 4 is 21.6 Å². The second kappa shape index (κ2) is 5.39. The van der Waals surface area contributed by atoms with Crippen molar-refractivity contribution in [2.75, 3.05) is 0 Å². The number of nitro benzene ring substituents is 1. The van der Waals surface area contributed by atoms with Crippen LogP contribution in [0.15, 0.2) is 18.2 Å². The number of hydrogen-bond acceptors (Lipinski definition) is 2. The fraction of sp³-hybridized carbons (Fsp3) is 0.455. The van der Waals surface area contributed by atoms with Crippen LogP contribution in [0.1, 0.15) is 19.4 Å². The van der Waals surface area contributed by atoms with E-state index in [-0.39, 0.29) is 10.5 Å². The van der Waals surface area contributed by atoms with Gasteiger partial charge in [-0.25, -0.2) is 4.39 Å². The van der Waals surface area contributed by atoms with Crippen molar-refractivity contribution in [2.24, 2.45) is 5.92 Å². The number of non-ortho nitro benzene ring substituents is 1. The van der Waals surface area contributed by atoms with E-state index < -0.39 is 10.7 Å². The van der Waals surface area contributed by atoms with Crippen LogP contribution in [-0.4, -0.2) is 9.75 Å². The van der Waals surface area contributed by atoms with Crippen LogP contribution in [0.2, 0.25) is 0 Å². The van der Waals surface area contributed by atoms with E-state index in [2.05, 4.69) is 15.9 Å². The van der Waals surface area contributed by atoms with Crippen LogP contribution in [-0.2, 0) is 6.42 Å². The zero-order chi connectivity index (χ0) is 12.3. The number of rotatable bonds is 4. The van der Waals surface area contributed by atoms with Gasteiger partial charge in [-0.05, 0) is 24.0 Å². The monoisotopic (exact) mass is 289 g/mol. The fourth-order valence-electron chi connectivity index (χ4n) is 1.39. The summed E-state index contributed by atoms with van der Waals surface area (Å²) in [5, 5.41) is 10.6. The molecule has 0 aliphatic carbocycles. The Morgan fingerprint density at radius 1 is 1.44 bits per heavy atom. The molecule has 0 radical (unpaired) electrons. The molecule has 1 rings (SSSR count). The molecule has 1 aromatic carbocycles. The van der Waals surface area contributed by atoms with Gasteiger partial charge in [-0.3, -0.25) is 10.1 Å². The molecule has 2 atom stereocenters. The van der Waals surface area contributed by atoms with Crippen molar-refractivity contribution in [1.29, 1.82) is 0 Å². The molecule has 0 spiro atoms. The summed E-state index contributed by atoms with van der Waals surface area (Å²) in [4.78, 5) is 10.3. The zero-order valence-corrected chi connectivity index (χ0v) is 10.7. The number of hydrogen-bond donors (Lipinski definition) is 0. The van der Waals surface area contributed by atoms with Crippen molar-refractivity contribution in [1.82, 2.24) is 0 Å². The highest BCUT2D eigenvalue weighted by atomic mass is 79.9. The van der Waals surface area contributed by atoms with Crippen LogP contribution >= 0.6 is 15.9 Å². The molecule has 3 nitrogen and oxygen atoms in total. The van der Waals surface area contributed by atoms with Crippen molar-refractivity contribution < 1.29 is 9.31 Å². The maximum absolute atomic E-state index is 13.1. The van der Waals surface area contributed by atoms with E-state index in [1.54, 1.807) is 0 Å². The van der Waals surface area contributed by atoms with Crippen molar-refractivity contribution in [2.45, 2.75) is 25.1 Å². The first-order valence-electron chi connectivity index (χ1n) is 4.98. The summed E-state index contributed by atoms with van der Waals surface area (Å²) in [6, 6.07) is 3.71. The molecule has 0 bridgehead atoms. The molecule has 16 heavy (non-hydrogen) atoms. The van der Waals surface area contributed by atoms with Gasteiger partial charge in [-0.15, -0.1) is 0 Å². The summed E-state index contributed by atoms with van der Waals surface area (Å²) in [7, 11) is 0. The number of nitro groups is 1. The summed E-state index contributed by atoms with van der Waals surface area (Å²) in [5.41, 5.74) is 0.468. The Balaban J connectivity index is 2.92. The van der Waals surface area contributed by atoms with E-state index in [4.69, 9.17) is 0 Å². The third-order valence-corrected chi connectivity index (χ3v) is 3.40. The van der Waals surface area contributed by atoms with Crippen LogP contribution in [0.4, 0.5) is 10.1 Å². The van der Waals surface area contributed by atoms with Gasteiger partial charge in [0, 0.05) is 10.9 Å². The third kappa shape index (κ3) is 3.56. The zero-order valence-electron chi connectivity index (χ0n) is 9.11. The van der Waals surface area contributed by atoms with E-state index in [0.717, 1.165) is 6.07 Å². The SMILES string of the molecule is CC(Br)C(C)Cc1cc(F)cc([N+](=O)[O-])c1. The number of alkyl halides is 1. The van der Waals surface area contributed by atoms with Gasteiger partial charge in [0.1, 0.15) is 5.82 Å². The molecule has 0 aromatic heterocycles. The van der Waals surface area contributed by atoms with Crippen LogP contribution in [0.3, 0.4) is 0 Å². The highest BCUT2D eigenvalue weighted by molar-refractivity contribution is 9.09. The lowest BCUT2D eigenvalue weighted by Crippen LogP contribution is -2.10. The highest BCUT2D eigenvalue weighted by Gasteiger charge is 2.14. The molecule has 0 saturated heterocycles. The van der Waals surface area contributed by atoms with Gasteiger partial charge in [-0.1, -0.05) is 29.8 Å². The standard InChI is InChI=1S/C11H13BrFNO2/c1-7(8(2)12)3-9-4-10(13)6-11(5-9)14(15)16/h4-8H,3H2,1-2H3. The fourth-order valence-corrected chi connectivity index (χ4v) is 1.58. The average molecular weight is 290 g/mol. The lowest BCUT2D eigenvalue weighted by molar-refractivity contribution is -0.385. The molecule has 0 amide bonds. The minimum atomic E-state index is -0.575. The predicted octanol–water partition coefficient (Wildman–Crippen LogP) is 3.70. The van der Waals surface area contributed by atoms with Crippen LogP contribution < -0.4 is 0 Å². The first-order chi connectivity index (χ1) is 7.40. The molecule has 0 heterocycles. The van der Waals surface area contributed by atoms with Gasteiger partial charge in [0.05, 0.1) is 11.0 Å². The summed E-state index contributed by atoms with van der Waals surface area (Å²) >= 11 is 3.44. The summed E-state index contributed by atoms with van der Waals surface area (Å²) in [6.45, 7) is 4.01. The van der Waals surface area contributed by atoms with Crippen molar-refractivity contribution in [3.05, 3.63) is 39.7 Å². The number of nitrogens with zero attached hydrogens (tertiary/aromatic N) is 1. The number of benzene rings is 1. The molecule has 5 heteroatoms. The Morgan fingerprint density at radius 3 is 2.56 bits per heavy atom. The van der Waals surface area contributed by atoms with Crippen molar-refractivity contribution in [3.63, 3.8) is 0 Å². The largest absolute Gasteiger partial charge is 0.272 e. The molecule has 0 N–H and O–H groups in total. The number of halogens is 2. The van der Waals surface area contributed by atoms with E-state index >= 15 is 0 Å². The first-order valence-corrected chi connectivity index (χ1v) is 5.89. The van der Waals surface area contributed by atoms with Gasteiger partial charge in [-0.2, -0.15) is 0 Å². The van der Waals surface area contributed by atoms with Gasteiger partial charge in [0.2, 0.25) is 0 Å². The minimum absolute atomic E-state index is 0.190. The van der Waals surface area contributed by atoms with Gasteiger partial charge in [0.15, 0.2) is 0 Å². The molecule has 0 aliphatic heterocycles. The molecule has 0 fully saturated rings. The van der Waals surface area contributed by atoms with E-state index in [1.807, 2.05) is 13.8 Å². The normalized spacial score (nSPS) is 14.5. The molecular formula is C11H13BrFNO2. The predicted molar refractivity (Wildman–Crippen MR) is 64.3 cm³/mol. The molecule has 2 unspecified atom stereocenters. The van der Waals surface area contributed by atoms with Crippen LogP contribution in [0.5, 0.6) is 0 Å². The Bertz CT molecular complexity index is 396. The average Bonchev–Trinajstić information content (AvgIpc) is 2.16. The Labute approximate surface area is 102 Å². The minimum Gasteiger partial charge on any atom is -0.258 e. The quantitative estimate of drug-likeness (QED) is 0.482. The Kier molecular flexibility index (Phi) is 4.41. The lowest BCUT2D eigenvalue weighted by atomic mass is 9.98. The summed E-state index contributed by atoms with van der Waals surface area (Å²) in [5.74, 6) is -0.264. The van der Waals surface area contributed by atoms with E-state index in [0.29, 0.717) is 17.9 Å². The second-order valence-electron chi connectivity index (χ2n) is 3.93. The molecular weight excluding hydrogens is 277 g/mol.